The molecule has 0 saturated heterocycles. The molecule has 0 aliphatic heterocycles. The molecule has 8 heteroatoms. The van der Waals surface area contributed by atoms with Crippen molar-refractivity contribution in [3.63, 3.8) is 0 Å². The summed E-state index contributed by atoms with van der Waals surface area (Å²) < 4.78 is 5.62. The third kappa shape index (κ3) is 7.37. The van der Waals surface area contributed by atoms with Crippen molar-refractivity contribution in [2.45, 2.75) is 70.8 Å². The Kier molecular flexibility index (Phi) is 9.39. The molecule has 2 amide bonds. The molecular formula is C33H41N5O3. The summed E-state index contributed by atoms with van der Waals surface area (Å²) in [5.74, 6) is 0.214. The predicted molar refractivity (Wildman–Crippen MR) is 164 cm³/mol. The Bertz CT molecular complexity index is 1500. The van der Waals surface area contributed by atoms with Gasteiger partial charge in [-0.05, 0) is 91.6 Å². The number of H-pyrrole nitrogens is 1. The minimum absolute atomic E-state index is 0.0382. The number of para-hydroxylation sites is 1. The van der Waals surface area contributed by atoms with E-state index in [0.29, 0.717) is 13.0 Å². The normalized spacial score (nSPS) is 14.4. The van der Waals surface area contributed by atoms with Gasteiger partial charge in [-0.1, -0.05) is 37.1 Å². The average molecular weight is 556 g/mol. The Labute approximate surface area is 241 Å². The molecule has 5 rings (SSSR count). The maximum absolute atomic E-state index is 11.8. The van der Waals surface area contributed by atoms with Gasteiger partial charge in [0, 0.05) is 48.5 Å². The second-order valence-corrected chi connectivity index (χ2v) is 11.2. The van der Waals surface area contributed by atoms with Gasteiger partial charge >= 0.3 is 6.09 Å². The van der Waals surface area contributed by atoms with Gasteiger partial charge < -0.3 is 26.1 Å². The number of anilines is 1. The van der Waals surface area contributed by atoms with E-state index in [0.717, 1.165) is 67.1 Å². The van der Waals surface area contributed by atoms with Crippen LogP contribution in [0.2, 0.25) is 0 Å². The number of ether oxygens (including phenoxy) is 1. The largest absolute Gasteiger partial charge is 0.442 e. The Morgan fingerprint density at radius 3 is 2.76 bits per heavy atom. The van der Waals surface area contributed by atoms with Crippen LogP contribution in [0.25, 0.3) is 21.8 Å². The maximum Gasteiger partial charge on any atom is 0.405 e. The molecule has 2 unspecified atom stereocenters. The van der Waals surface area contributed by atoms with Gasteiger partial charge in [-0.15, -0.1) is 0 Å². The molecule has 2 aromatic heterocycles. The monoisotopic (exact) mass is 555 g/mol. The fraction of sp³-hybridized carbons (Fsp3) is 0.424. The van der Waals surface area contributed by atoms with Crippen molar-refractivity contribution in [3.8, 4) is 0 Å². The first-order valence-corrected chi connectivity index (χ1v) is 14.9. The molecule has 1 aliphatic carbocycles. The minimum atomic E-state index is -0.776. The number of aromatic amines is 1. The average Bonchev–Trinajstić information content (AvgIpc) is 3.43. The first kappa shape index (κ1) is 28.5. The minimum Gasteiger partial charge on any atom is -0.442 e. The number of hydrogen-bond acceptors (Lipinski definition) is 5. The highest BCUT2D eigenvalue weighted by Gasteiger charge is 2.22. The van der Waals surface area contributed by atoms with Crippen LogP contribution < -0.4 is 16.4 Å². The standard InChI is InChI=1S/C33H41N5O3/c1-22(39)35-18-15-23(20-31(41-33(34)40)25-13-14-28-24(21-25)16-19-36-28)8-6-7-17-37-32-26-9-2-4-11-29(26)38-30-12-5-3-10-27(30)32/h2,4,9,11,13-14,16,19,21,23,31,36H,3,5-8,10,12,15,17-18,20H2,1H3,(H2,34,40)(H,35,39)(H,37,38). The fourth-order valence-corrected chi connectivity index (χ4v) is 6.15. The molecule has 4 aromatic rings. The highest BCUT2D eigenvalue weighted by molar-refractivity contribution is 5.93. The molecule has 2 atom stereocenters. The van der Waals surface area contributed by atoms with Gasteiger partial charge in [-0.3, -0.25) is 9.78 Å². The number of unbranched alkanes of at least 4 members (excludes halogenated alkanes) is 1. The first-order valence-electron chi connectivity index (χ1n) is 14.9. The molecule has 8 nitrogen and oxygen atoms in total. The molecular weight excluding hydrogens is 514 g/mol. The number of carbonyl (C=O) groups excluding carboxylic acids is 2. The Hall–Kier alpha value is -4.07. The summed E-state index contributed by atoms with van der Waals surface area (Å²) in [6.07, 6.45) is 9.67. The smallest absolute Gasteiger partial charge is 0.405 e. The number of aryl methyl sites for hydroxylation is 1. The van der Waals surface area contributed by atoms with E-state index in [1.165, 1.54) is 42.1 Å². The Balaban J connectivity index is 1.23. The van der Waals surface area contributed by atoms with Crippen molar-refractivity contribution in [1.29, 1.82) is 0 Å². The quantitative estimate of drug-likeness (QED) is 0.139. The molecule has 2 aromatic carbocycles. The zero-order chi connectivity index (χ0) is 28.6. The van der Waals surface area contributed by atoms with Gasteiger partial charge in [0.15, 0.2) is 0 Å². The summed E-state index contributed by atoms with van der Waals surface area (Å²) >= 11 is 0. The van der Waals surface area contributed by atoms with Gasteiger partial charge in [0.1, 0.15) is 6.10 Å². The zero-order valence-corrected chi connectivity index (χ0v) is 23.9. The molecule has 1 aliphatic rings. The second kappa shape index (κ2) is 13.5. The number of aromatic nitrogens is 2. The van der Waals surface area contributed by atoms with Crippen LogP contribution in [0.3, 0.4) is 0 Å². The summed E-state index contributed by atoms with van der Waals surface area (Å²) in [5, 5.41) is 8.96. The van der Waals surface area contributed by atoms with E-state index in [9.17, 15) is 9.59 Å². The fourth-order valence-electron chi connectivity index (χ4n) is 6.15. The molecule has 0 radical (unpaired) electrons. The number of rotatable bonds is 13. The van der Waals surface area contributed by atoms with Crippen LogP contribution in [0.5, 0.6) is 0 Å². The summed E-state index contributed by atoms with van der Waals surface area (Å²) in [7, 11) is 0. The highest BCUT2D eigenvalue weighted by atomic mass is 16.6. The number of pyridine rings is 1. The number of benzene rings is 2. The Morgan fingerprint density at radius 2 is 1.90 bits per heavy atom. The predicted octanol–water partition coefficient (Wildman–Crippen LogP) is 6.55. The van der Waals surface area contributed by atoms with Gasteiger partial charge in [0.25, 0.3) is 0 Å². The van der Waals surface area contributed by atoms with E-state index in [1.807, 2.05) is 30.5 Å². The molecule has 216 valence electrons. The number of primary amides is 1. The lowest BCUT2D eigenvalue weighted by Crippen LogP contribution is -2.25. The summed E-state index contributed by atoms with van der Waals surface area (Å²) in [6, 6.07) is 16.5. The van der Waals surface area contributed by atoms with Crippen LogP contribution in [0, 0.1) is 5.92 Å². The summed E-state index contributed by atoms with van der Waals surface area (Å²) in [5.41, 5.74) is 12.4. The number of nitrogens with one attached hydrogen (secondary N) is 3. The van der Waals surface area contributed by atoms with Gasteiger partial charge in [0.05, 0.1) is 5.52 Å². The van der Waals surface area contributed by atoms with E-state index >= 15 is 0 Å². The van der Waals surface area contributed by atoms with Crippen LogP contribution in [0.15, 0.2) is 54.7 Å². The number of nitrogens with two attached hydrogens (primary N) is 1. The van der Waals surface area contributed by atoms with E-state index in [1.54, 1.807) is 0 Å². The molecule has 0 saturated carbocycles. The lowest BCUT2D eigenvalue weighted by molar-refractivity contribution is -0.119. The third-order valence-electron chi connectivity index (χ3n) is 8.19. The van der Waals surface area contributed by atoms with Crippen LogP contribution in [0.1, 0.15) is 74.8 Å². The van der Waals surface area contributed by atoms with E-state index in [-0.39, 0.29) is 11.8 Å². The van der Waals surface area contributed by atoms with E-state index in [2.05, 4.69) is 39.9 Å². The molecule has 0 fully saturated rings. The van der Waals surface area contributed by atoms with Crippen LogP contribution in [-0.4, -0.2) is 35.1 Å². The molecule has 2 heterocycles. The summed E-state index contributed by atoms with van der Waals surface area (Å²) in [4.78, 5) is 31.5. The van der Waals surface area contributed by atoms with E-state index in [4.69, 9.17) is 15.5 Å². The SMILES string of the molecule is CC(=O)NCCC(CCCCNc1c2c(nc3ccccc13)CCCC2)CC(OC(N)=O)c1ccc2[nH]ccc2c1. The number of amides is 2. The zero-order valence-electron chi connectivity index (χ0n) is 23.9. The number of nitrogens with zero attached hydrogens (tertiary/aromatic N) is 1. The Morgan fingerprint density at radius 1 is 1.05 bits per heavy atom. The third-order valence-corrected chi connectivity index (χ3v) is 8.19. The van der Waals surface area contributed by atoms with Gasteiger partial charge in [0.2, 0.25) is 5.91 Å². The summed E-state index contributed by atoms with van der Waals surface area (Å²) in [6.45, 7) is 3.01. The molecule has 41 heavy (non-hydrogen) atoms. The van der Waals surface area contributed by atoms with Gasteiger partial charge in [-0.2, -0.15) is 0 Å². The van der Waals surface area contributed by atoms with Crippen LogP contribution in [-0.2, 0) is 22.4 Å². The molecule has 0 spiro atoms. The number of fused-ring (bicyclic) bond motifs is 3. The van der Waals surface area contributed by atoms with Crippen molar-refractivity contribution >= 4 is 39.5 Å². The van der Waals surface area contributed by atoms with Crippen molar-refractivity contribution in [1.82, 2.24) is 15.3 Å². The lowest BCUT2D eigenvalue weighted by atomic mass is 9.89. The van der Waals surface area contributed by atoms with Gasteiger partial charge in [-0.25, -0.2) is 4.79 Å². The number of carbonyl (C=O) groups is 2. The molecule has 0 bridgehead atoms. The maximum atomic E-state index is 11.8. The van der Waals surface area contributed by atoms with Crippen LogP contribution >= 0.6 is 0 Å². The van der Waals surface area contributed by atoms with Crippen molar-refractivity contribution < 1.29 is 14.3 Å². The van der Waals surface area contributed by atoms with E-state index < -0.39 is 12.2 Å². The molecule has 5 N–H and O–H groups in total. The van der Waals surface area contributed by atoms with Crippen molar-refractivity contribution in [2.24, 2.45) is 11.7 Å². The first-order chi connectivity index (χ1) is 20.0. The number of hydrogen-bond donors (Lipinski definition) is 4. The topological polar surface area (TPSA) is 122 Å². The van der Waals surface area contributed by atoms with Crippen LogP contribution in [0.4, 0.5) is 10.5 Å². The highest BCUT2D eigenvalue weighted by Crippen LogP contribution is 2.34. The lowest BCUT2D eigenvalue weighted by Gasteiger charge is -2.24. The van der Waals surface area contributed by atoms with Crippen molar-refractivity contribution in [2.75, 3.05) is 18.4 Å². The van der Waals surface area contributed by atoms with Crippen molar-refractivity contribution in [3.05, 3.63) is 71.5 Å². The second-order valence-electron chi connectivity index (χ2n) is 11.2.